The molecule has 3 N–H and O–H groups in total. The normalized spacial score (nSPS) is 14.0. The molecule has 0 spiro atoms. The highest BCUT2D eigenvalue weighted by Gasteiger charge is 2.24. The average Bonchev–Trinajstić information content (AvgIpc) is 3.40. The fraction of sp³-hybridized carbons (Fsp3) is 0.257. The number of fused-ring (bicyclic) bond motifs is 1. The molecule has 0 radical (unpaired) electrons. The lowest BCUT2D eigenvalue weighted by Crippen LogP contribution is -2.36. The maximum Gasteiger partial charge on any atom is 0.326 e. The molecule has 9 nitrogen and oxygen atoms in total. The molecule has 1 fully saturated rings. The van der Waals surface area contributed by atoms with Crippen LogP contribution in [-0.2, 0) is 11.3 Å². The number of nitrogens with zero attached hydrogens (tertiary/aromatic N) is 3. The SMILES string of the molecule is CNC(=O)c1cnc(-c2ccc(CN3CCC(n4c(=O)[nH]c5ccc(NC(=O)CCS)cc54)CC3)cc2)c(-c2ccccc2)c1. The van der Waals surface area contributed by atoms with E-state index in [9.17, 15) is 14.4 Å². The number of anilines is 1. The van der Waals surface area contributed by atoms with E-state index < -0.39 is 0 Å². The third-order valence-electron chi connectivity index (χ3n) is 8.36. The maximum atomic E-state index is 12.9. The molecule has 45 heavy (non-hydrogen) atoms. The van der Waals surface area contributed by atoms with Crippen LogP contribution in [0, 0.1) is 0 Å². The van der Waals surface area contributed by atoms with Gasteiger partial charge < -0.3 is 15.6 Å². The Hall–Kier alpha value is -4.67. The molecular weight excluding hydrogens is 584 g/mol. The number of benzene rings is 3. The van der Waals surface area contributed by atoms with E-state index in [1.165, 1.54) is 5.56 Å². The molecule has 0 bridgehead atoms. The summed E-state index contributed by atoms with van der Waals surface area (Å²) in [5, 5.41) is 5.58. The summed E-state index contributed by atoms with van der Waals surface area (Å²) in [6, 6.07) is 26.0. The summed E-state index contributed by atoms with van der Waals surface area (Å²) in [5.41, 5.74) is 7.58. The zero-order chi connectivity index (χ0) is 31.3. The van der Waals surface area contributed by atoms with Crippen molar-refractivity contribution in [2.45, 2.75) is 31.8 Å². The van der Waals surface area contributed by atoms with Crippen molar-refractivity contribution in [2.75, 3.05) is 31.2 Å². The van der Waals surface area contributed by atoms with Crippen LogP contribution in [0.3, 0.4) is 0 Å². The van der Waals surface area contributed by atoms with Crippen molar-refractivity contribution >= 4 is 41.2 Å². The Labute approximate surface area is 267 Å². The predicted molar refractivity (Wildman–Crippen MR) is 182 cm³/mol. The first-order valence-corrected chi connectivity index (χ1v) is 15.8. The number of piperidine rings is 1. The summed E-state index contributed by atoms with van der Waals surface area (Å²) in [4.78, 5) is 47.4. The molecule has 0 aliphatic carbocycles. The molecular formula is C35H36N6O3S. The van der Waals surface area contributed by atoms with Gasteiger partial charge in [0.2, 0.25) is 5.91 Å². The van der Waals surface area contributed by atoms with Crippen LogP contribution in [0.5, 0.6) is 0 Å². The van der Waals surface area contributed by atoms with Gasteiger partial charge in [0, 0.05) is 62.2 Å². The number of hydrogen-bond donors (Lipinski definition) is 4. The maximum absolute atomic E-state index is 12.9. The van der Waals surface area contributed by atoms with Gasteiger partial charge in [0.25, 0.3) is 5.91 Å². The first kappa shape index (κ1) is 30.4. The number of H-pyrrole nitrogens is 1. The summed E-state index contributed by atoms with van der Waals surface area (Å²) in [5.74, 6) is 0.215. The topological polar surface area (TPSA) is 112 Å². The minimum atomic E-state index is -0.168. The summed E-state index contributed by atoms with van der Waals surface area (Å²) >= 11 is 4.13. The molecule has 0 saturated carbocycles. The summed E-state index contributed by atoms with van der Waals surface area (Å²) in [6.07, 6.45) is 3.66. The van der Waals surface area contributed by atoms with Crippen LogP contribution in [0.15, 0.2) is 89.9 Å². The lowest BCUT2D eigenvalue weighted by atomic mass is 9.97. The van der Waals surface area contributed by atoms with Crippen LogP contribution in [-0.4, -0.2) is 57.1 Å². The zero-order valence-electron chi connectivity index (χ0n) is 25.1. The number of carbonyl (C=O) groups excluding carboxylic acids is 2. The fourth-order valence-corrected chi connectivity index (χ4v) is 6.25. The number of pyridine rings is 1. The standard InChI is InChI=1S/C35H36N6O3S/c1-36-34(43)26-19-29(24-5-3-2-4-6-24)33(37-21-26)25-9-7-23(8-10-25)22-40-16-13-28(14-17-40)41-31-20-27(38-32(42)15-18-45)11-12-30(31)39-35(41)44/h2-12,19-21,28,45H,13-18,22H2,1H3,(H,36,43)(H,38,42)(H,39,44). The van der Waals surface area contributed by atoms with E-state index in [0.717, 1.165) is 65.9 Å². The van der Waals surface area contributed by atoms with Crippen molar-refractivity contribution in [1.82, 2.24) is 24.8 Å². The van der Waals surface area contributed by atoms with E-state index in [2.05, 4.69) is 57.4 Å². The first-order valence-electron chi connectivity index (χ1n) is 15.2. The highest BCUT2D eigenvalue weighted by molar-refractivity contribution is 7.80. The summed E-state index contributed by atoms with van der Waals surface area (Å²) in [6.45, 7) is 2.54. The quantitative estimate of drug-likeness (QED) is 0.162. The molecule has 1 saturated heterocycles. The summed E-state index contributed by atoms with van der Waals surface area (Å²) in [7, 11) is 1.62. The number of carbonyl (C=O) groups is 2. The number of aromatic amines is 1. The number of aromatic nitrogens is 3. The number of thiol groups is 1. The Morgan fingerprint density at radius 1 is 0.978 bits per heavy atom. The Morgan fingerprint density at radius 3 is 2.44 bits per heavy atom. The van der Waals surface area contributed by atoms with Crippen molar-refractivity contribution in [1.29, 1.82) is 0 Å². The van der Waals surface area contributed by atoms with Crippen molar-refractivity contribution in [2.24, 2.45) is 0 Å². The Balaban J connectivity index is 1.14. The minimum absolute atomic E-state index is 0.0773. The van der Waals surface area contributed by atoms with Gasteiger partial charge in [-0.1, -0.05) is 54.6 Å². The Kier molecular flexibility index (Phi) is 9.13. The third-order valence-corrected chi connectivity index (χ3v) is 8.58. The number of rotatable bonds is 9. The van der Waals surface area contributed by atoms with Gasteiger partial charge in [0.15, 0.2) is 0 Å². The van der Waals surface area contributed by atoms with E-state index in [1.54, 1.807) is 13.2 Å². The molecule has 1 aliphatic heterocycles. The molecule has 1 aliphatic rings. The second-order valence-electron chi connectivity index (χ2n) is 11.3. The van der Waals surface area contributed by atoms with Crippen LogP contribution in [0.1, 0.15) is 41.2 Å². The number of hydrogen-bond acceptors (Lipinski definition) is 6. The van der Waals surface area contributed by atoms with Gasteiger partial charge in [-0.25, -0.2) is 4.79 Å². The third kappa shape index (κ3) is 6.72. The van der Waals surface area contributed by atoms with Crippen LogP contribution in [0.4, 0.5) is 5.69 Å². The van der Waals surface area contributed by atoms with E-state index in [-0.39, 0.29) is 23.5 Å². The second-order valence-corrected chi connectivity index (χ2v) is 11.8. The second kappa shape index (κ2) is 13.5. The smallest absolute Gasteiger partial charge is 0.326 e. The monoisotopic (exact) mass is 620 g/mol. The molecule has 5 aromatic rings. The van der Waals surface area contributed by atoms with Crippen LogP contribution in [0.2, 0.25) is 0 Å². The van der Waals surface area contributed by atoms with Gasteiger partial charge >= 0.3 is 5.69 Å². The van der Waals surface area contributed by atoms with Crippen molar-refractivity contribution in [3.8, 4) is 22.4 Å². The zero-order valence-corrected chi connectivity index (χ0v) is 26.0. The van der Waals surface area contributed by atoms with E-state index in [0.29, 0.717) is 23.4 Å². The van der Waals surface area contributed by atoms with Crippen LogP contribution < -0.4 is 16.3 Å². The van der Waals surface area contributed by atoms with Crippen molar-refractivity contribution < 1.29 is 9.59 Å². The largest absolute Gasteiger partial charge is 0.355 e. The molecule has 3 aromatic carbocycles. The molecule has 230 valence electrons. The molecule has 0 atom stereocenters. The van der Waals surface area contributed by atoms with Gasteiger partial charge in [0.1, 0.15) is 0 Å². The lowest BCUT2D eigenvalue weighted by molar-refractivity contribution is -0.115. The van der Waals surface area contributed by atoms with Gasteiger partial charge in [-0.05, 0) is 54.0 Å². The number of likely N-dealkylation sites (tertiary alicyclic amines) is 1. The van der Waals surface area contributed by atoms with Gasteiger partial charge in [0.05, 0.1) is 22.3 Å². The first-order chi connectivity index (χ1) is 21.9. The van der Waals surface area contributed by atoms with Crippen LogP contribution >= 0.6 is 12.6 Å². The molecule has 3 heterocycles. The lowest BCUT2D eigenvalue weighted by Gasteiger charge is -2.32. The van der Waals surface area contributed by atoms with E-state index >= 15 is 0 Å². The van der Waals surface area contributed by atoms with E-state index in [4.69, 9.17) is 4.98 Å². The molecule has 6 rings (SSSR count). The van der Waals surface area contributed by atoms with Gasteiger partial charge in [-0.15, -0.1) is 0 Å². The fourth-order valence-electron chi connectivity index (χ4n) is 6.05. The molecule has 0 unspecified atom stereocenters. The molecule has 10 heteroatoms. The highest BCUT2D eigenvalue weighted by Crippen LogP contribution is 2.32. The van der Waals surface area contributed by atoms with Crippen molar-refractivity contribution in [3.63, 3.8) is 0 Å². The number of nitrogens with one attached hydrogen (secondary N) is 3. The van der Waals surface area contributed by atoms with Gasteiger partial charge in [-0.2, -0.15) is 12.6 Å². The number of imidazole rings is 1. The molecule has 2 aromatic heterocycles. The van der Waals surface area contributed by atoms with Crippen molar-refractivity contribution in [3.05, 3.63) is 107 Å². The Morgan fingerprint density at radius 2 is 1.73 bits per heavy atom. The van der Waals surface area contributed by atoms with Gasteiger partial charge in [-0.3, -0.25) is 24.0 Å². The van der Waals surface area contributed by atoms with E-state index in [1.807, 2.05) is 59.2 Å². The summed E-state index contributed by atoms with van der Waals surface area (Å²) < 4.78 is 1.85. The average molecular weight is 621 g/mol. The Bertz CT molecular complexity index is 1880. The predicted octanol–water partition coefficient (Wildman–Crippen LogP) is 5.51. The highest BCUT2D eigenvalue weighted by atomic mass is 32.1. The van der Waals surface area contributed by atoms with Crippen LogP contribution in [0.25, 0.3) is 33.4 Å². The minimum Gasteiger partial charge on any atom is -0.355 e. The number of amides is 2. The molecule has 2 amide bonds.